The lowest BCUT2D eigenvalue weighted by Gasteiger charge is -2.37. The lowest BCUT2D eigenvalue weighted by Crippen LogP contribution is -2.39. The van der Waals surface area contributed by atoms with Gasteiger partial charge in [0, 0.05) is 11.7 Å². The van der Waals surface area contributed by atoms with Crippen LogP contribution in [0.5, 0.6) is 11.5 Å². The second-order valence-corrected chi connectivity index (χ2v) is 9.67. The van der Waals surface area contributed by atoms with Gasteiger partial charge in [0.05, 0.1) is 19.3 Å². The fourth-order valence-electron chi connectivity index (χ4n) is 5.05. The number of benzene rings is 4. The molecule has 0 spiro atoms. The Hall–Kier alpha value is -4.03. The molecule has 5 rings (SSSR count). The number of carbonyl (C=O) groups is 1. The number of para-hydroxylation sites is 2. The minimum atomic E-state index is -0.401. The smallest absolute Gasteiger partial charge is 0.343 e. The maximum atomic E-state index is 11.5. The molecule has 2 atom stereocenters. The molecule has 6 heteroatoms. The second kappa shape index (κ2) is 11.6. The van der Waals surface area contributed by atoms with Crippen molar-refractivity contribution >= 4 is 28.1 Å². The number of fused-ring (bicyclic) bond motifs is 2. The number of rotatable bonds is 9. The van der Waals surface area contributed by atoms with Gasteiger partial charge >= 0.3 is 5.97 Å². The molecule has 0 saturated heterocycles. The first kappa shape index (κ1) is 25.6. The number of aryl methyl sites for hydroxylation is 1. The first-order valence-electron chi connectivity index (χ1n) is 13.1. The van der Waals surface area contributed by atoms with Crippen LogP contribution in [0.4, 0.5) is 11.4 Å². The number of nitrogens with zero attached hydrogens (tertiary/aromatic N) is 1. The minimum Gasteiger partial charge on any atom is -0.486 e. The van der Waals surface area contributed by atoms with Gasteiger partial charge in [0.2, 0.25) is 0 Å². The Balaban J connectivity index is 1.27. The summed E-state index contributed by atoms with van der Waals surface area (Å²) in [7, 11) is 1.35. The van der Waals surface area contributed by atoms with E-state index < -0.39 is 5.97 Å². The third-order valence-electron chi connectivity index (χ3n) is 7.09. The molecule has 0 radical (unpaired) electrons. The zero-order chi connectivity index (χ0) is 26.5. The zero-order valence-electron chi connectivity index (χ0n) is 22.1. The number of esters is 1. The first-order valence-corrected chi connectivity index (χ1v) is 13.1. The Morgan fingerprint density at radius 1 is 1.05 bits per heavy atom. The summed E-state index contributed by atoms with van der Waals surface area (Å²) >= 11 is 0. The van der Waals surface area contributed by atoms with Crippen LogP contribution in [0, 0.1) is 6.92 Å². The van der Waals surface area contributed by atoms with Crippen molar-refractivity contribution in [3.8, 4) is 11.5 Å². The summed E-state index contributed by atoms with van der Waals surface area (Å²) in [6, 6.07) is 29.4. The Morgan fingerprint density at radius 3 is 2.68 bits per heavy atom. The standard InChI is InChI=1S/C32H34N2O4/c1-22-19-25(15-16-30(22)37-21-32(35)36-3)34-20-26(38-31-14-7-6-13-29(31)34)17-18-33-23(2)27-12-8-10-24-9-4-5-11-28(24)27/h4-16,19,23,26,33H,17-18,20-21H2,1-3H3/t23-,26?/m1/s1. The number of ether oxygens (including phenoxy) is 3. The fraction of sp³-hybridized carbons (Fsp3) is 0.281. The molecule has 0 fully saturated rings. The molecule has 1 heterocycles. The minimum absolute atomic E-state index is 0.0349. The highest BCUT2D eigenvalue weighted by molar-refractivity contribution is 5.86. The average molecular weight is 511 g/mol. The molecule has 38 heavy (non-hydrogen) atoms. The quantitative estimate of drug-likeness (QED) is 0.265. The molecule has 1 N–H and O–H groups in total. The van der Waals surface area contributed by atoms with Gasteiger partial charge in [-0.2, -0.15) is 0 Å². The predicted molar refractivity (Wildman–Crippen MR) is 152 cm³/mol. The third kappa shape index (κ3) is 5.60. The van der Waals surface area contributed by atoms with Gasteiger partial charge in [-0.05, 0) is 79.0 Å². The highest BCUT2D eigenvalue weighted by Gasteiger charge is 2.27. The van der Waals surface area contributed by atoms with Crippen LogP contribution in [0.2, 0.25) is 0 Å². The summed E-state index contributed by atoms with van der Waals surface area (Å²) in [5.41, 5.74) is 4.37. The van der Waals surface area contributed by atoms with Crippen molar-refractivity contribution < 1.29 is 19.0 Å². The van der Waals surface area contributed by atoms with E-state index in [0.29, 0.717) is 5.75 Å². The molecular formula is C32H34N2O4. The summed E-state index contributed by atoms with van der Waals surface area (Å²) in [4.78, 5) is 13.8. The lowest BCUT2D eigenvalue weighted by molar-refractivity contribution is -0.142. The van der Waals surface area contributed by atoms with E-state index in [-0.39, 0.29) is 18.8 Å². The second-order valence-electron chi connectivity index (χ2n) is 9.67. The first-order chi connectivity index (χ1) is 18.5. The molecule has 1 unspecified atom stereocenters. The van der Waals surface area contributed by atoms with Gasteiger partial charge < -0.3 is 24.4 Å². The van der Waals surface area contributed by atoms with Crippen molar-refractivity contribution in [2.24, 2.45) is 0 Å². The molecule has 0 aromatic heterocycles. The molecule has 0 saturated carbocycles. The largest absolute Gasteiger partial charge is 0.486 e. The Morgan fingerprint density at radius 2 is 1.84 bits per heavy atom. The SMILES string of the molecule is COC(=O)COc1ccc(N2CC(CCN[C@H](C)c3cccc4ccccc34)Oc3ccccc32)cc1C. The van der Waals surface area contributed by atoms with E-state index >= 15 is 0 Å². The molecule has 0 aliphatic carbocycles. The van der Waals surface area contributed by atoms with E-state index in [1.807, 2.05) is 37.3 Å². The average Bonchev–Trinajstić information content (AvgIpc) is 2.95. The van der Waals surface area contributed by atoms with E-state index in [1.54, 1.807) is 0 Å². The zero-order valence-corrected chi connectivity index (χ0v) is 22.1. The van der Waals surface area contributed by atoms with Crippen molar-refractivity contribution in [1.29, 1.82) is 0 Å². The highest BCUT2D eigenvalue weighted by atomic mass is 16.6. The van der Waals surface area contributed by atoms with Gasteiger partial charge in [0.25, 0.3) is 0 Å². The van der Waals surface area contributed by atoms with Gasteiger partial charge in [0.1, 0.15) is 17.6 Å². The molecule has 4 aromatic rings. The molecule has 1 aliphatic heterocycles. The number of nitrogens with one attached hydrogen (secondary N) is 1. The summed E-state index contributed by atoms with van der Waals surface area (Å²) in [6.45, 7) is 5.67. The van der Waals surface area contributed by atoms with E-state index in [2.05, 4.69) is 76.5 Å². The molecule has 0 amide bonds. The lowest BCUT2D eigenvalue weighted by atomic mass is 9.99. The van der Waals surface area contributed by atoms with Gasteiger partial charge in [-0.25, -0.2) is 4.79 Å². The van der Waals surface area contributed by atoms with Gasteiger partial charge in [0.15, 0.2) is 6.61 Å². The summed E-state index contributed by atoms with van der Waals surface area (Å²) in [5.74, 6) is 1.15. The monoisotopic (exact) mass is 510 g/mol. The van der Waals surface area contributed by atoms with E-state index in [0.717, 1.165) is 42.2 Å². The van der Waals surface area contributed by atoms with Crippen LogP contribution in [-0.2, 0) is 9.53 Å². The topological polar surface area (TPSA) is 60.0 Å². The van der Waals surface area contributed by atoms with Crippen molar-refractivity contribution in [3.05, 3.63) is 96.1 Å². The van der Waals surface area contributed by atoms with Crippen molar-refractivity contribution in [1.82, 2.24) is 5.32 Å². The van der Waals surface area contributed by atoms with Crippen LogP contribution in [0.25, 0.3) is 10.8 Å². The van der Waals surface area contributed by atoms with E-state index in [9.17, 15) is 4.79 Å². The third-order valence-corrected chi connectivity index (χ3v) is 7.09. The van der Waals surface area contributed by atoms with Gasteiger partial charge in [-0.3, -0.25) is 0 Å². The van der Waals surface area contributed by atoms with Crippen LogP contribution in [0.1, 0.15) is 30.5 Å². The van der Waals surface area contributed by atoms with Crippen LogP contribution >= 0.6 is 0 Å². The normalized spacial score (nSPS) is 15.4. The summed E-state index contributed by atoms with van der Waals surface area (Å²) in [6.07, 6.45) is 0.909. The van der Waals surface area contributed by atoms with Gasteiger partial charge in [-0.15, -0.1) is 0 Å². The van der Waals surface area contributed by atoms with Crippen LogP contribution in [0.3, 0.4) is 0 Å². The molecular weight excluding hydrogens is 476 g/mol. The Bertz CT molecular complexity index is 1410. The number of hydrogen-bond donors (Lipinski definition) is 1. The molecule has 0 bridgehead atoms. The van der Waals surface area contributed by atoms with Crippen molar-refractivity contribution in [3.63, 3.8) is 0 Å². The Labute approximate surface area is 224 Å². The van der Waals surface area contributed by atoms with Crippen molar-refractivity contribution in [2.45, 2.75) is 32.4 Å². The Kier molecular flexibility index (Phi) is 7.80. The maximum absolute atomic E-state index is 11.5. The van der Waals surface area contributed by atoms with Crippen LogP contribution in [-0.4, -0.2) is 38.9 Å². The predicted octanol–water partition coefficient (Wildman–Crippen LogP) is 6.34. The molecule has 6 nitrogen and oxygen atoms in total. The van der Waals surface area contributed by atoms with E-state index in [4.69, 9.17) is 9.47 Å². The van der Waals surface area contributed by atoms with Crippen molar-refractivity contribution in [2.75, 3.05) is 31.7 Å². The van der Waals surface area contributed by atoms with Crippen LogP contribution < -0.4 is 19.7 Å². The van der Waals surface area contributed by atoms with Crippen LogP contribution in [0.15, 0.2) is 84.9 Å². The maximum Gasteiger partial charge on any atom is 0.343 e. The highest BCUT2D eigenvalue weighted by Crippen LogP contribution is 2.39. The fourth-order valence-corrected chi connectivity index (χ4v) is 5.05. The summed E-state index contributed by atoms with van der Waals surface area (Å²) < 4.78 is 16.7. The number of anilines is 2. The molecule has 1 aliphatic rings. The van der Waals surface area contributed by atoms with E-state index in [1.165, 1.54) is 23.4 Å². The number of hydrogen-bond acceptors (Lipinski definition) is 6. The molecule has 4 aromatic carbocycles. The molecule has 196 valence electrons. The summed E-state index contributed by atoms with van der Waals surface area (Å²) in [5, 5.41) is 6.26. The number of carbonyl (C=O) groups excluding carboxylic acids is 1. The number of methoxy groups -OCH3 is 1. The van der Waals surface area contributed by atoms with Gasteiger partial charge in [-0.1, -0.05) is 54.6 Å².